The summed E-state index contributed by atoms with van der Waals surface area (Å²) in [5, 5.41) is 0.615. The van der Waals surface area contributed by atoms with Crippen LogP contribution in [-0.2, 0) is 11.2 Å². The van der Waals surface area contributed by atoms with E-state index in [0.29, 0.717) is 17.5 Å². The predicted octanol–water partition coefficient (Wildman–Crippen LogP) is 3.80. The summed E-state index contributed by atoms with van der Waals surface area (Å²) in [6, 6.07) is 7.98. The highest BCUT2D eigenvalue weighted by Gasteiger charge is 2.28. The van der Waals surface area contributed by atoms with Gasteiger partial charge >= 0.3 is 0 Å². The smallest absolute Gasteiger partial charge is 0.151 e. The number of thioether (sulfide) groups is 2. The van der Waals surface area contributed by atoms with Crippen molar-refractivity contribution in [2.24, 2.45) is 0 Å². The second-order valence-electron chi connectivity index (χ2n) is 4.10. The highest BCUT2D eigenvalue weighted by atomic mass is 79.9. The summed E-state index contributed by atoms with van der Waals surface area (Å²) in [6.07, 6.45) is 0.546. The average Bonchev–Trinajstić information content (AvgIpc) is 2.32. The molecule has 1 saturated heterocycles. The van der Waals surface area contributed by atoms with Crippen molar-refractivity contribution in [1.29, 1.82) is 0 Å². The van der Waals surface area contributed by atoms with Crippen LogP contribution < -0.4 is 0 Å². The molecule has 0 spiro atoms. The molecule has 0 aromatic heterocycles. The highest BCUT2D eigenvalue weighted by molar-refractivity contribution is 9.10. The van der Waals surface area contributed by atoms with Crippen molar-refractivity contribution in [1.82, 2.24) is 0 Å². The molecule has 1 aromatic carbocycles. The average molecular weight is 331 g/mol. The fourth-order valence-electron chi connectivity index (χ4n) is 1.92. The van der Waals surface area contributed by atoms with E-state index in [0.717, 1.165) is 15.8 Å². The van der Waals surface area contributed by atoms with Crippen LogP contribution in [0.3, 0.4) is 0 Å². The lowest BCUT2D eigenvalue weighted by Crippen LogP contribution is -2.32. The van der Waals surface area contributed by atoms with Gasteiger partial charge in [0.1, 0.15) is 0 Å². The number of halogens is 1. The van der Waals surface area contributed by atoms with Crippen LogP contribution >= 0.6 is 39.5 Å². The first-order valence-corrected chi connectivity index (χ1v) is 8.57. The van der Waals surface area contributed by atoms with Gasteiger partial charge in [0.15, 0.2) is 5.78 Å². The monoisotopic (exact) mass is 330 g/mol. The molecule has 0 aliphatic carbocycles. The Bertz CT molecular complexity index is 408. The number of ketones is 1. The molecule has 1 aliphatic rings. The third kappa shape index (κ3) is 3.52. The normalized spacial score (nSPS) is 24.6. The summed E-state index contributed by atoms with van der Waals surface area (Å²) in [5.74, 6) is 2.63. The zero-order valence-corrected chi connectivity index (χ0v) is 12.9. The van der Waals surface area contributed by atoms with Crippen molar-refractivity contribution in [2.45, 2.75) is 23.8 Å². The third-order valence-corrected chi connectivity index (χ3v) is 6.74. The minimum atomic E-state index is 0.167. The van der Waals surface area contributed by atoms with Gasteiger partial charge in [0.05, 0.1) is 5.25 Å². The molecule has 4 heteroatoms. The Labute approximate surface area is 119 Å². The molecule has 1 aliphatic heterocycles. The Hall–Kier alpha value is 0.0700. The maximum absolute atomic E-state index is 12.3. The van der Waals surface area contributed by atoms with Gasteiger partial charge in [0, 0.05) is 27.6 Å². The minimum Gasteiger partial charge on any atom is -0.298 e. The van der Waals surface area contributed by atoms with Gasteiger partial charge in [0.2, 0.25) is 0 Å². The summed E-state index contributed by atoms with van der Waals surface area (Å²) in [7, 11) is 0. The molecule has 2 atom stereocenters. The maximum Gasteiger partial charge on any atom is 0.151 e. The largest absolute Gasteiger partial charge is 0.298 e. The van der Waals surface area contributed by atoms with Crippen LogP contribution in [0.15, 0.2) is 28.7 Å². The van der Waals surface area contributed by atoms with E-state index < -0.39 is 0 Å². The van der Waals surface area contributed by atoms with Crippen molar-refractivity contribution >= 4 is 45.2 Å². The second-order valence-corrected chi connectivity index (χ2v) is 7.69. The fourth-order valence-corrected chi connectivity index (χ4v) is 5.08. The Morgan fingerprint density at radius 1 is 1.35 bits per heavy atom. The Morgan fingerprint density at radius 3 is 2.76 bits per heavy atom. The SMILES string of the molecule is CC1SCCSC1C(=O)Cc1ccccc1Br. The van der Waals surface area contributed by atoms with Gasteiger partial charge in [0.25, 0.3) is 0 Å². The Balaban J connectivity index is 2.03. The molecule has 2 unspecified atom stereocenters. The summed E-state index contributed by atoms with van der Waals surface area (Å²) in [6.45, 7) is 2.17. The van der Waals surface area contributed by atoms with Crippen molar-refractivity contribution in [3.05, 3.63) is 34.3 Å². The zero-order chi connectivity index (χ0) is 12.3. The highest BCUT2D eigenvalue weighted by Crippen LogP contribution is 2.32. The number of carbonyl (C=O) groups is 1. The molecular formula is C13H15BrOS2. The van der Waals surface area contributed by atoms with Crippen molar-refractivity contribution in [3.63, 3.8) is 0 Å². The van der Waals surface area contributed by atoms with E-state index in [1.807, 2.05) is 47.8 Å². The van der Waals surface area contributed by atoms with Gasteiger partial charge in [-0.05, 0) is 11.6 Å². The van der Waals surface area contributed by atoms with Crippen LogP contribution in [0.1, 0.15) is 12.5 Å². The molecule has 0 bridgehead atoms. The summed E-state index contributed by atoms with van der Waals surface area (Å²) in [5.41, 5.74) is 1.10. The third-order valence-electron chi connectivity index (χ3n) is 2.83. The molecule has 0 radical (unpaired) electrons. The first-order chi connectivity index (χ1) is 8.18. The summed E-state index contributed by atoms with van der Waals surface area (Å²) >= 11 is 7.23. The zero-order valence-electron chi connectivity index (χ0n) is 9.69. The second kappa shape index (κ2) is 6.30. The first-order valence-electron chi connectivity index (χ1n) is 5.68. The lowest BCUT2D eigenvalue weighted by molar-refractivity contribution is -0.117. The standard InChI is InChI=1S/C13H15BrOS2/c1-9-13(17-7-6-16-9)12(15)8-10-4-2-3-5-11(10)14/h2-5,9,13H,6-8H2,1H3. The van der Waals surface area contributed by atoms with E-state index in [9.17, 15) is 4.79 Å². The van der Waals surface area contributed by atoms with Crippen LogP contribution in [0, 0.1) is 0 Å². The molecule has 1 aromatic rings. The van der Waals surface area contributed by atoms with Gasteiger partial charge in [-0.1, -0.05) is 41.1 Å². The molecule has 0 N–H and O–H groups in total. The number of rotatable bonds is 3. The van der Waals surface area contributed by atoms with Crippen LogP contribution in [0.4, 0.5) is 0 Å². The van der Waals surface area contributed by atoms with Gasteiger partial charge in [-0.3, -0.25) is 4.79 Å². The molecule has 2 rings (SSSR count). The van der Waals surface area contributed by atoms with E-state index in [2.05, 4.69) is 22.9 Å². The van der Waals surface area contributed by atoms with Crippen LogP contribution in [0.2, 0.25) is 0 Å². The van der Waals surface area contributed by atoms with Gasteiger partial charge < -0.3 is 0 Å². The minimum absolute atomic E-state index is 0.167. The topological polar surface area (TPSA) is 17.1 Å². The first kappa shape index (κ1) is 13.5. The lowest BCUT2D eigenvalue weighted by atomic mass is 10.1. The molecule has 1 heterocycles. The summed E-state index contributed by atoms with van der Waals surface area (Å²) < 4.78 is 1.04. The number of carbonyl (C=O) groups excluding carboxylic acids is 1. The number of Topliss-reactive ketones (excluding diaryl/α,β-unsaturated/α-hetero) is 1. The van der Waals surface area contributed by atoms with Crippen LogP contribution in [0.5, 0.6) is 0 Å². The quantitative estimate of drug-likeness (QED) is 0.839. The van der Waals surface area contributed by atoms with E-state index in [4.69, 9.17) is 0 Å². The summed E-state index contributed by atoms with van der Waals surface area (Å²) in [4.78, 5) is 12.3. The molecule has 0 saturated carbocycles. The van der Waals surface area contributed by atoms with Crippen molar-refractivity contribution in [3.8, 4) is 0 Å². The Kier molecular flexibility index (Phi) is 5.00. The van der Waals surface area contributed by atoms with Gasteiger partial charge in [-0.15, -0.1) is 11.8 Å². The van der Waals surface area contributed by atoms with Gasteiger partial charge in [-0.25, -0.2) is 0 Å². The fraction of sp³-hybridized carbons (Fsp3) is 0.462. The molecule has 0 amide bonds. The van der Waals surface area contributed by atoms with Gasteiger partial charge in [-0.2, -0.15) is 11.8 Å². The van der Waals surface area contributed by atoms with Crippen LogP contribution in [0.25, 0.3) is 0 Å². The van der Waals surface area contributed by atoms with Crippen molar-refractivity contribution < 1.29 is 4.79 Å². The molecule has 1 fully saturated rings. The molecular weight excluding hydrogens is 316 g/mol. The van der Waals surface area contributed by atoms with Crippen LogP contribution in [-0.4, -0.2) is 27.8 Å². The number of benzene rings is 1. The van der Waals surface area contributed by atoms with E-state index in [-0.39, 0.29) is 5.25 Å². The molecule has 1 nitrogen and oxygen atoms in total. The number of hydrogen-bond donors (Lipinski definition) is 0. The van der Waals surface area contributed by atoms with E-state index in [1.54, 1.807) is 0 Å². The maximum atomic E-state index is 12.3. The number of hydrogen-bond acceptors (Lipinski definition) is 3. The van der Waals surface area contributed by atoms with E-state index in [1.165, 1.54) is 5.75 Å². The molecule has 17 heavy (non-hydrogen) atoms. The molecule has 92 valence electrons. The Morgan fingerprint density at radius 2 is 2.06 bits per heavy atom. The lowest BCUT2D eigenvalue weighted by Gasteiger charge is -2.26. The van der Waals surface area contributed by atoms with E-state index >= 15 is 0 Å². The van der Waals surface area contributed by atoms with Crippen molar-refractivity contribution in [2.75, 3.05) is 11.5 Å². The predicted molar refractivity (Wildman–Crippen MR) is 81.0 cm³/mol.